The first-order chi connectivity index (χ1) is 12.0. The molecule has 1 fully saturated rings. The van der Waals surface area contributed by atoms with Gasteiger partial charge in [0.2, 0.25) is 10.0 Å². The van der Waals surface area contributed by atoms with Gasteiger partial charge in [-0.15, -0.1) is 0 Å². The van der Waals surface area contributed by atoms with Crippen molar-refractivity contribution in [3.8, 4) is 0 Å². The normalized spacial score (nSPS) is 17.0. The van der Waals surface area contributed by atoms with Gasteiger partial charge >= 0.3 is 0 Å². The third-order valence-electron chi connectivity index (χ3n) is 4.72. The van der Waals surface area contributed by atoms with Crippen molar-refractivity contribution in [2.75, 3.05) is 19.6 Å². The molecule has 2 aromatic rings. The highest BCUT2D eigenvalue weighted by atomic mass is 32.2. The fourth-order valence-corrected chi connectivity index (χ4v) is 4.86. The Hall–Kier alpha value is -1.70. The maximum Gasteiger partial charge on any atom is 0.246 e. The molecule has 0 aliphatic carbocycles. The number of aryl methyl sites for hydroxylation is 2. The third-order valence-corrected chi connectivity index (χ3v) is 6.38. The molecule has 2 heterocycles. The zero-order valence-corrected chi connectivity index (χ0v) is 15.6. The minimum atomic E-state index is -3.63. The van der Waals surface area contributed by atoms with Crippen LogP contribution < -0.4 is 4.72 Å². The molecule has 1 atom stereocenters. The van der Waals surface area contributed by atoms with Gasteiger partial charge in [0.15, 0.2) is 5.76 Å². The highest BCUT2D eigenvalue weighted by molar-refractivity contribution is 7.89. The van der Waals surface area contributed by atoms with Gasteiger partial charge in [0.25, 0.3) is 0 Å². The summed E-state index contributed by atoms with van der Waals surface area (Å²) < 4.78 is 33.1. The Morgan fingerprint density at radius 1 is 1.20 bits per heavy atom. The van der Waals surface area contributed by atoms with Gasteiger partial charge in [-0.3, -0.25) is 4.90 Å². The molecule has 136 valence electrons. The van der Waals surface area contributed by atoms with Crippen molar-refractivity contribution in [3.05, 3.63) is 47.3 Å². The SMILES string of the molecule is Cc1noc(C)c1S(=O)(=O)NCC(Cc1ccccc1)N1CCCC1. The van der Waals surface area contributed by atoms with Crippen molar-refractivity contribution in [1.29, 1.82) is 0 Å². The van der Waals surface area contributed by atoms with Gasteiger partial charge in [-0.2, -0.15) is 0 Å². The number of aromatic nitrogens is 1. The standard InChI is InChI=1S/C18H25N3O3S/c1-14-18(15(2)24-20-14)25(22,23)19-13-17(21-10-6-7-11-21)12-16-8-4-3-5-9-16/h3-5,8-9,17,19H,6-7,10-13H2,1-2H3. The third kappa shape index (κ3) is 4.29. The second kappa shape index (κ2) is 7.68. The Morgan fingerprint density at radius 3 is 2.48 bits per heavy atom. The second-order valence-electron chi connectivity index (χ2n) is 6.59. The Kier molecular flexibility index (Phi) is 5.56. The molecular formula is C18H25N3O3S. The quantitative estimate of drug-likeness (QED) is 0.817. The molecule has 1 unspecified atom stereocenters. The summed E-state index contributed by atoms with van der Waals surface area (Å²) in [5, 5.41) is 3.75. The molecule has 0 saturated carbocycles. The Labute approximate surface area is 149 Å². The number of hydrogen-bond donors (Lipinski definition) is 1. The summed E-state index contributed by atoms with van der Waals surface area (Å²) >= 11 is 0. The van der Waals surface area contributed by atoms with Crippen molar-refractivity contribution >= 4 is 10.0 Å². The van der Waals surface area contributed by atoms with Crippen LogP contribution in [0.4, 0.5) is 0 Å². The lowest BCUT2D eigenvalue weighted by Gasteiger charge is -2.28. The highest BCUT2D eigenvalue weighted by Gasteiger charge is 2.27. The molecule has 1 aromatic heterocycles. The molecule has 1 aliphatic rings. The van der Waals surface area contributed by atoms with Gasteiger partial charge in [0, 0.05) is 12.6 Å². The van der Waals surface area contributed by atoms with Crippen LogP contribution in [0.1, 0.15) is 29.9 Å². The summed E-state index contributed by atoms with van der Waals surface area (Å²) in [6.07, 6.45) is 3.16. The molecule has 0 bridgehead atoms. The van der Waals surface area contributed by atoms with Crippen LogP contribution >= 0.6 is 0 Å². The zero-order chi connectivity index (χ0) is 17.9. The van der Waals surface area contributed by atoms with Crippen LogP contribution in [-0.4, -0.2) is 44.2 Å². The molecule has 0 spiro atoms. The maximum absolute atomic E-state index is 12.7. The topological polar surface area (TPSA) is 75.4 Å². The molecule has 0 radical (unpaired) electrons. The van der Waals surface area contributed by atoms with E-state index in [1.165, 1.54) is 18.4 Å². The van der Waals surface area contributed by atoms with E-state index in [9.17, 15) is 8.42 Å². The fraction of sp³-hybridized carbons (Fsp3) is 0.500. The minimum Gasteiger partial charge on any atom is -0.360 e. The van der Waals surface area contributed by atoms with Crippen LogP contribution in [0, 0.1) is 13.8 Å². The summed E-state index contributed by atoms with van der Waals surface area (Å²) in [5.41, 5.74) is 1.61. The number of rotatable bonds is 7. The van der Waals surface area contributed by atoms with E-state index >= 15 is 0 Å². The average molecular weight is 363 g/mol. The van der Waals surface area contributed by atoms with Gasteiger partial charge in [0.1, 0.15) is 10.6 Å². The molecular weight excluding hydrogens is 338 g/mol. The van der Waals surface area contributed by atoms with E-state index in [2.05, 4.69) is 26.9 Å². The largest absolute Gasteiger partial charge is 0.360 e. The van der Waals surface area contributed by atoms with Crippen LogP contribution in [0.15, 0.2) is 39.8 Å². The molecule has 0 amide bonds. The molecule has 3 rings (SSSR count). The summed E-state index contributed by atoms with van der Waals surface area (Å²) in [4.78, 5) is 2.54. The molecule has 1 aliphatic heterocycles. The number of benzene rings is 1. The van der Waals surface area contributed by atoms with Crippen molar-refractivity contribution < 1.29 is 12.9 Å². The number of likely N-dealkylation sites (tertiary alicyclic amines) is 1. The lowest BCUT2D eigenvalue weighted by atomic mass is 10.1. The van der Waals surface area contributed by atoms with Gasteiger partial charge < -0.3 is 4.52 Å². The molecule has 6 nitrogen and oxygen atoms in total. The number of sulfonamides is 1. The van der Waals surface area contributed by atoms with Crippen LogP contribution in [0.2, 0.25) is 0 Å². The minimum absolute atomic E-state index is 0.139. The van der Waals surface area contributed by atoms with E-state index in [-0.39, 0.29) is 10.9 Å². The van der Waals surface area contributed by atoms with Crippen molar-refractivity contribution in [3.63, 3.8) is 0 Å². The van der Waals surface area contributed by atoms with Crippen LogP contribution in [-0.2, 0) is 16.4 Å². The van der Waals surface area contributed by atoms with Gasteiger partial charge in [-0.25, -0.2) is 13.1 Å². The summed E-state index contributed by atoms with van der Waals surface area (Å²) in [6, 6.07) is 10.3. The summed E-state index contributed by atoms with van der Waals surface area (Å²) in [5.74, 6) is 0.325. The summed E-state index contributed by atoms with van der Waals surface area (Å²) in [6.45, 7) is 5.68. The number of nitrogens with one attached hydrogen (secondary N) is 1. The van der Waals surface area contributed by atoms with Crippen molar-refractivity contribution in [2.45, 2.75) is 44.0 Å². The van der Waals surface area contributed by atoms with E-state index in [0.717, 1.165) is 19.5 Å². The Balaban J connectivity index is 1.74. The van der Waals surface area contributed by atoms with Crippen molar-refractivity contribution in [2.24, 2.45) is 0 Å². The zero-order valence-electron chi connectivity index (χ0n) is 14.7. The van der Waals surface area contributed by atoms with Gasteiger partial charge in [0.05, 0.1) is 0 Å². The van der Waals surface area contributed by atoms with Gasteiger partial charge in [-0.05, 0) is 51.8 Å². The van der Waals surface area contributed by atoms with Crippen molar-refractivity contribution in [1.82, 2.24) is 14.8 Å². The van der Waals surface area contributed by atoms with E-state index < -0.39 is 10.0 Å². The first-order valence-corrected chi connectivity index (χ1v) is 10.2. The Bertz CT molecular complexity index is 777. The number of hydrogen-bond acceptors (Lipinski definition) is 5. The van der Waals surface area contributed by atoms with E-state index in [0.29, 0.717) is 18.0 Å². The Morgan fingerprint density at radius 2 is 1.88 bits per heavy atom. The lowest BCUT2D eigenvalue weighted by Crippen LogP contribution is -2.44. The van der Waals surface area contributed by atoms with Crippen LogP contribution in [0.3, 0.4) is 0 Å². The van der Waals surface area contributed by atoms with Crippen LogP contribution in [0.25, 0.3) is 0 Å². The second-order valence-corrected chi connectivity index (χ2v) is 8.30. The highest BCUT2D eigenvalue weighted by Crippen LogP contribution is 2.20. The van der Waals surface area contributed by atoms with Crippen LogP contribution in [0.5, 0.6) is 0 Å². The maximum atomic E-state index is 12.7. The van der Waals surface area contributed by atoms with E-state index in [4.69, 9.17) is 4.52 Å². The smallest absolute Gasteiger partial charge is 0.246 e. The molecule has 7 heteroatoms. The van der Waals surface area contributed by atoms with E-state index in [1.54, 1.807) is 13.8 Å². The fourth-order valence-electron chi connectivity index (χ4n) is 3.46. The predicted molar refractivity (Wildman–Crippen MR) is 95.9 cm³/mol. The average Bonchev–Trinajstić information content (AvgIpc) is 3.23. The number of nitrogens with zero attached hydrogens (tertiary/aromatic N) is 2. The molecule has 1 saturated heterocycles. The molecule has 1 aromatic carbocycles. The summed E-state index contributed by atoms with van der Waals surface area (Å²) in [7, 11) is -3.63. The monoisotopic (exact) mass is 363 g/mol. The van der Waals surface area contributed by atoms with Gasteiger partial charge in [-0.1, -0.05) is 35.5 Å². The first-order valence-electron chi connectivity index (χ1n) is 8.68. The lowest BCUT2D eigenvalue weighted by molar-refractivity contribution is 0.241. The van der Waals surface area contributed by atoms with E-state index in [1.807, 2.05) is 18.2 Å². The first kappa shape index (κ1) is 18.1. The molecule has 25 heavy (non-hydrogen) atoms. The predicted octanol–water partition coefficient (Wildman–Crippen LogP) is 2.28. The molecule has 1 N–H and O–H groups in total.